The normalized spacial score (nSPS) is 21.4. The van der Waals surface area contributed by atoms with Crippen LogP contribution in [-0.2, 0) is 16.4 Å². The molecule has 0 spiro atoms. The van der Waals surface area contributed by atoms with Crippen molar-refractivity contribution < 1.29 is 13.2 Å². The third-order valence-corrected chi connectivity index (χ3v) is 4.96. The van der Waals surface area contributed by atoms with Crippen LogP contribution in [-0.4, -0.2) is 30.6 Å². The largest absolute Gasteiger partial charge is 0.348 e. The number of carbonyl (C=O) groups excluding carboxylic acids is 1. The average molecular weight is 314 g/mol. The van der Waals surface area contributed by atoms with Gasteiger partial charge in [0.1, 0.15) is 4.90 Å². The third kappa shape index (κ3) is 3.44. The van der Waals surface area contributed by atoms with Crippen molar-refractivity contribution in [3.8, 4) is 0 Å². The molecule has 1 aromatic rings. The van der Waals surface area contributed by atoms with E-state index in [1.807, 2.05) is 0 Å². The van der Waals surface area contributed by atoms with E-state index in [2.05, 4.69) is 29.4 Å². The fourth-order valence-corrected chi connectivity index (χ4v) is 3.82. The molecule has 1 fully saturated rings. The average Bonchev–Trinajstić information content (AvgIpc) is 2.91. The molecule has 21 heavy (non-hydrogen) atoms. The zero-order chi connectivity index (χ0) is 15.8. The summed E-state index contributed by atoms with van der Waals surface area (Å²) in [6.07, 6.45) is 3.19. The summed E-state index contributed by atoms with van der Waals surface area (Å²) < 4.78 is 23.4. The van der Waals surface area contributed by atoms with E-state index in [1.165, 1.54) is 0 Å². The SMILES string of the molecule is CCc1[nH]nc(C(=O)NC2CCC(C)(C)C2)c1S(N)(=O)=O. The van der Waals surface area contributed by atoms with E-state index in [-0.39, 0.29) is 22.0 Å². The molecule has 1 aromatic heterocycles. The number of nitrogens with one attached hydrogen (secondary N) is 2. The van der Waals surface area contributed by atoms with Crippen molar-refractivity contribution in [2.45, 2.75) is 57.4 Å². The van der Waals surface area contributed by atoms with Gasteiger partial charge in [0.25, 0.3) is 5.91 Å². The van der Waals surface area contributed by atoms with Crippen LogP contribution in [0.2, 0.25) is 0 Å². The van der Waals surface area contributed by atoms with Crippen LogP contribution in [0.5, 0.6) is 0 Å². The number of sulfonamides is 1. The standard InChI is InChI=1S/C13H22N4O3S/c1-4-9-11(21(14,19)20)10(17-16-9)12(18)15-8-5-6-13(2,3)7-8/h8H,4-7H2,1-3H3,(H,15,18)(H,16,17)(H2,14,19,20). The summed E-state index contributed by atoms with van der Waals surface area (Å²) in [5.41, 5.74) is 0.411. The van der Waals surface area contributed by atoms with Crippen molar-refractivity contribution in [1.82, 2.24) is 15.5 Å². The van der Waals surface area contributed by atoms with Gasteiger partial charge in [0.15, 0.2) is 5.69 Å². The van der Waals surface area contributed by atoms with E-state index in [4.69, 9.17) is 5.14 Å². The Balaban J connectivity index is 2.23. The Labute approximate surface area is 124 Å². The first-order valence-corrected chi connectivity index (χ1v) is 8.59. The summed E-state index contributed by atoms with van der Waals surface area (Å²) in [6.45, 7) is 6.07. The Morgan fingerprint density at radius 2 is 2.19 bits per heavy atom. The minimum absolute atomic E-state index is 0.0441. The first kappa shape index (κ1) is 16.0. The topological polar surface area (TPSA) is 118 Å². The molecular weight excluding hydrogens is 292 g/mol. The quantitative estimate of drug-likeness (QED) is 0.766. The predicted octanol–water partition coefficient (Wildman–Crippen LogP) is 0.928. The second-order valence-electron chi connectivity index (χ2n) is 6.36. The summed E-state index contributed by atoms with van der Waals surface area (Å²) >= 11 is 0. The maximum absolute atomic E-state index is 12.3. The Morgan fingerprint density at radius 3 is 2.67 bits per heavy atom. The molecule has 1 unspecified atom stereocenters. The highest BCUT2D eigenvalue weighted by atomic mass is 32.2. The lowest BCUT2D eigenvalue weighted by molar-refractivity contribution is 0.0927. The zero-order valence-corrected chi connectivity index (χ0v) is 13.4. The predicted molar refractivity (Wildman–Crippen MR) is 78.2 cm³/mol. The third-order valence-electron chi connectivity index (χ3n) is 3.95. The second-order valence-corrected chi connectivity index (χ2v) is 7.85. The molecule has 1 saturated carbocycles. The first-order chi connectivity index (χ1) is 9.64. The van der Waals surface area contributed by atoms with Crippen molar-refractivity contribution in [2.24, 2.45) is 10.6 Å². The van der Waals surface area contributed by atoms with Gasteiger partial charge >= 0.3 is 0 Å². The van der Waals surface area contributed by atoms with E-state index in [0.29, 0.717) is 12.1 Å². The number of rotatable bonds is 4. The van der Waals surface area contributed by atoms with Crippen molar-refractivity contribution in [3.63, 3.8) is 0 Å². The molecule has 1 aliphatic carbocycles. The van der Waals surface area contributed by atoms with Crippen LogP contribution in [0.3, 0.4) is 0 Å². The molecule has 0 aromatic carbocycles. The molecule has 0 aliphatic heterocycles. The Kier molecular flexibility index (Phi) is 4.12. The highest BCUT2D eigenvalue weighted by Crippen LogP contribution is 2.37. The fourth-order valence-electron chi connectivity index (χ4n) is 2.88. The Morgan fingerprint density at radius 1 is 1.52 bits per heavy atom. The number of amides is 1. The van der Waals surface area contributed by atoms with E-state index in [0.717, 1.165) is 19.3 Å². The number of aromatic nitrogens is 2. The van der Waals surface area contributed by atoms with Crippen LogP contribution < -0.4 is 10.5 Å². The molecule has 1 atom stereocenters. The molecule has 8 heteroatoms. The van der Waals surface area contributed by atoms with Gasteiger partial charge in [-0.15, -0.1) is 0 Å². The van der Waals surface area contributed by atoms with Crippen molar-refractivity contribution >= 4 is 15.9 Å². The Bertz CT molecular complexity index is 648. The number of carbonyl (C=O) groups is 1. The van der Waals surface area contributed by atoms with Crippen LogP contribution in [0.4, 0.5) is 0 Å². The summed E-state index contributed by atoms with van der Waals surface area (Å²) in [5, 5.41) is 14.5. The van der Waals surface area contributed by atoms with Crippen molar-refractivity contribution in [2.75, 3.05) is 0 Å². The number of hydrogen-bond acceptors (Lipinski definition) is 4. The number of H-pyrrole nitrogens is 1. The Hall–Kier alpha value is -1.41. The van der Waals surface area contributed by atoms with Gasteiger partial charge in [0, 0.05) is 6.04 Å². The first-order valence-electron chi connectivity index (χ1n) is 7.05. The number of aryl methyl sites for hydroxylation is 1. The maximum Gasteiger partial charge on any atom is 0.273 e. The monoisotopic (exact) mass is 314 g/mol. The van der Waals surface area contributed by atoms with Gasteiger partial charge in [-0.05, 0) is 31.1 Å². The maximum atomic E-state index is 12.3. The zero-order valence-electron chi connectivity index (χ0n) is 12.6. The van der Waals surface area contributed by atoms with Crippen LogP contribution in [0.25, 0.3) is 0 Å². The van der Waals surface area contributed by atoms with Gasteiger partial charge in [-0.25, -0.2) is 13.6 Å². The highest BCUT2D eigenvalue weighted by Gasteiger charge is 2.34. The van der Waals surface area contributed by atoms with Gasteiger partial charge in [-0.1, -0.05) is 20.8 Å². The number of nitrogens with two attached hydrogens (primary N) is 1. The van der Waals surface area contributed by atoms with E-state index in [9.17, 15) is 13.2 Å². The summed E-state index contributed by atoms with van der Waals surface area (Å²) in [4.78, 5) is 12.1. The minimum Gasteiger partial charge on any atom is -0.348 e. The van der Waals surface area contributed by atoms with Gasteiger partial charge in [-0.3, -0.25) is 9.89 Å². The highest BCUT2D eigenvalue weighted by molar-refractivity contribution is 7.89. The molecule has 1 aliphatic rings. The molecule has 0 bridgehead atoms. The van der Waals surface area contributed by atoms with Crippen LogP contribution in [0.1, 0.15) is 56.2 Å². The van der Waals surface area contributed by atoms with E-state index in [1.54, 1.807) is 6.92 Å². The lowest BCUT2D eigenvalue weighted by Crippen LogP contribution is -2.35. The fraction of sp³-hybridized carbons (Fsp3) is 0.692. The molecule has 0 radical (unpaired) electrons. The molecule has 1 amide bonds. The lowest BCUT2D eigenvalue weighted by Gasteiger charge is -2.17. The number of hydrogen-bond donors (Lipinski definition) is 3. The van der Waals surface area contributed by atoms with Crippen LogP contribution >= 0.6 is 0 Å². The summed E-state index contributed by atoms with van der Waals surface area (Å²) in [7, 11) is -3.99. The number of primary sulfonamides is 1. The molecule has 4 N–H and O–H groups in total. The van der Waals surface area contributed by atoms with Crippen LogP contribution in [0.15, 0.2) is 4.90 Å². The van der Waals surface area contributed by atoms with Crippen molar-refractivity contribution in [1.29, 1.82) is 0 Å². The van der Waals surface area contributed by atoms with Gasteiger partial charge in [0.05, 0.1) is 5.69 Å². The smallest absolute Gasteiger partial charge is 0.273 e. The van der Waals surface area contributed by atoms with Crippen molar-refractivity contribution in [3.05, 3.63) is 11.4 Å². The number of aromatic amines is 1. The lowest BCUT2D eigenvalue weighted by atomic mass is 9.92. The number of nitrogens with zero attached hydrogens (tertiary/aromatic N) is 1. The summed E-state index contributed by atoms with van der Waals surface area (Å²) in [6, 6.07) is 0.0441. The molecular formula is C13H22N4O3S. The van der Waals surface area contributed by atoms with Gasteiger partial charge in [-0.2, -0.15) is 5.10 Å². The van der Waals surface area contributed by atoms with E-state index >= 15 is 0 Å². The summed E-state index contributed by atoms with van der Waals surface area (Å²) in [5.74, 6) is -0.488. The molecule has 1 heterocycles. The minimum atomic E-state index is -3.99. The van der Waals surface area contributed by atoms with Crippen LogP contribution in [0, 0.1) is 5.41 Å². The molecule has 7 nitrogen and oxygen atoms in total. The molecule has 2 rings (SSSR count). The molecule has 118 valence electrons. The van der Waals surface area contributed by atoms with E-state index < -0.39 is 15.9 Å². The van der Waals surface area contributed by atoms with Gasteiger partial charge < -0.3 is 5.32 Å². The van der Waals surface area contributed by atoms with Gasteiger partial charge in [0.2, 0.25) is 10.0 Å². The second kappa shape index (κ2) is 5.42. The molecule has 0 saturated heterocycles.